The van der Waals surface area contributed by atoms with Gasteiger partial charge in [-0.2, -0.15) is 5.26 Å². The van der Waals surface area contributed by atoms with Crippen LogP contribution in [0.15, 0.2) is 24.5 Å². The summed E-state index contributed by atoms with van der Waals surface area (Å²) in [4.78, 5) is 10.9. The standard InChI is InChI=1S/C21H20F3N5O/c22-16-6-15(18(30)3-11(16)8-25)17-9-27-20(10-26-17)29(13-1-2-13)14-4-12-7-21(23,24)19(5-14)28-12/h3,6,9-10,12-14,19,28,30H,1-2,4-5,7H2/t12?,14-,19-/m1/s1. The number of hydrogen-bond acceptors (Lipinski definition) is 6. The van der Waals surface area contributed by atoms with Crippen LogP contribution in [0.25, 0.3) is 11.3 Å². The Labute approximate surface area is 171 Å². The molecule has 2 aromatic rings. The first kappa shape index (κ1) is 19.1. The monoisotopic (exact) mass is 415 g/mol. The van der Waals surface area contributed by atoms with Crippen LogP contribution in [0, 0.1) is 17.1 Å². The molecule has 0 amide bonds. The Kier molecular flexibility index (Phi) is 4.36. The van der Waals surface area contributed by atoms with Crippen LogP contribution in [0.2, 0.25) is 0 Å². The lowest BCUT2D eigenvalue weighted by atomic mass is 9.97. The summed E-state index contributed by atoms with van der Waals surface area (Å²) in [5.74, 6) is -3.08. The highest BCUT2D eigenvalue weighted by Crippen LogP contribution is 2.43. The highest BCUT2D eigenvalue weighted by molar-refractivity contribution is 5.68. The summed E-state index contributed by atoms with van der Waals surface area (Å²) in [6, 6.07) is 3.01. The van der Waals surface area contributed by atoms with E-state index in [1.54, 1.807) is 12.3 Å². The van der Waals surface area contributed by atoms with Crippen molar-refractivity contribution in [1.82, 2.24) is 15.3 Å². The van der Waals surface area contributed by atoms with Gasteiger partial charge >= 0.3 is 0 Å². The molecule has 3 fully saturated rings. The van der Waals surface area contributed by atoms with Crippen molar-refractivity contribution >= 4 is 5.82 Å². The van der Waals surface area contributed by atoms with Crippen molar-refractivity contribution in [2.75, 3.05) is 4.90 Å². The number of hydrogen-bond donors (Lipinski definition) is 2. The molecule has 2 bridgehead atoms. The zero-order valence-corrected chi connectivity index (χ0v) is 16.0. The van der Waals surface area contributed by atoms with E-state index in [0.29, 0.717) is 18.7 Å². The van der Waals surface area contributed by atoms with Crippen LogP contribution >= 0.6 is 0 Å². The number of piperidine rings is 1. The second-order valence-corrected chi connectivity index (χ2v) is 8.37. The zero-order chi connectivity index (χ0) is 21.0. The molecule has 2 aliphatic heterocycles. The van der Waals surface area contributed by atoms with E-state index in [1.807, 2.05) is 0 Å². The van der Waals surface area contributed by atoms with E-state index in [-0.39, 0.29) is 47.1 Å². The second-order valence-electron chi connectivity index (χ2n) is 8.37. The van der Waals surface area contributed by atoms with E-state index in [9.17, 15) is 18.3 Å². The molecule has 3 heterocycles. The molecule has 1 saturated carbocycles. The van der Waals surface area contributed by atoms with Crippen LogP contribution in [-0.2, 0) is 0 Å². The molecule has 0 spiro atoms. The number of nitriles is 1. The first-order chi connectivity index (χ1) is 14.4. The third kappa shape index (κ3) is 3.25. The number of nitrogens with one attached hydrogen (secondary N) is 1. The molecule has 156 valence electrons. The molecule has 1 aromatic carbocycles. The fourth-order valence-corrected chi connectivity index (χ4v) is 4.72. The summed E-state index contributed by atoms with van der Waals surface area (Å²) in [5.41, 5.74) is 0.161. The number of phenols is 1. The summed E-state index contributed by atoms with van der Waals surface area (Å²) in [5, 5.41) is 22.0. The highest BCUT2D eigenvalue weighted by Gasteiger charge is 2.54. The van der Waals surface area contributed by atoms with E-state index in [2.05, 4.69) is 20.2 Å². The smallest absolute Gasteiger partial charge is 0.264 e. The molecular weight excluding hydrogens is 395 g/mol. The zero-order valence-electron chi connectivity index (χ0n) is 16.0. The van der Waals surface area contributed by atoms with Gasteiger partial charge in [0.25, 0.3) is 5.92 Å². The fourth-order valence-electron chi connectivity index (χ4n) is 4.72. The minimum atomic E-state index is -2.68. The lowest BCUT2D eigenvalue weighted by molar-refractivity contribution is -0.0129. The maximum absolute atomic E-state index is 14.1. The molecule has 3 atom stereocenters. The van der Waals surface area contributed by atoms with Gasteiger partial charge in [0.2, 0.25) is 0 Å². The maximum Gasteiger partial charge on any atom is 0.264 e. The quantitative estimate of drug-likeness (QED) is 0.797. The number of nitrogens with zero attached hydrogens (tertiary/aromatic N) is 4. The molecule has 2 saturated heterocycles. The van der Waals surface area contributed by atoms with Crippen LogP contribution < -0.4 is 10.2 Å². The van der Waals surface area contributed by atoms with E-state index >= 15 is 0 Å². The van der Waals surface area contributed by atoms with E-state index in [1.165, 1.54) is 6.20 Å². The Morgan fingerprint density at radius 2 is 1.97 bits per heavy atom. The minimum Gasteiger partial charge on any atom is -0.507 e. The van der Waals surface area contributed by atoms with Crippen LogP contribution in [-0.4, -0.2) is 45.2 Å². The third-order valence-corrected chi connectivity index (χ3v) is 6.25. The average Bonchev–Trinajstić information content (AvgIpc) is 3.51. The van der Waals surface area contributed by atoms with Gasteiger partial charge in [0.15, 0.2) is 0 Å². The summed E-state index contributed by atoms with van der Waals surface area (Å²) in [7, 11) is 0. The van der Waals surface area contributed by atoms with Crippen molar-refractivity contribution in [2.45, 2.75) is 62.2 Å². The van der Waals surface area contributed by atoms with E-state index in [4.69, 9.17) is 5.26 Å². The van der Waals surface area contributed by atoms with Crippen LogP contribution in [0.5, 0.6) is 5.75 Å². The summed E-state index contributed by atoms with van der Waals surface area (Å²) < 4.78 is 42.2. The number of halogens is 3. The third-order valence-electron chi connectivity index (χ3n) is 6.25. The molecular formula is C21H20F3N5O. The number of rotatable bonds is 4. The van der Waals surface area contributed by atoms with Crippen LogP contribution in [0.3, 0.4) is 0 Å². The van der Waals surface area contributed by atoms with Crippen molar-refractivity contribution in [3.63, 3.8) is 0 Å². The normalized spacial score (nSPS) is 26.9. The van der Waals surface area contributed by atoms with Crippen molar-refractivity contribution in [3.05, 3.63) is 35.9 Å². The first-order valence-electron chi connectivity index (χ1n) is 10.0. The first-order valence-corrected chi connectivity index (χ1v) is 10.0. The summed E-state index contributed by atoms with van der Waals surface area (Å²) in [6.07, 6.45) is 5.82. The summed E-state index contributed by atoms with van der Waals surface area (Å²) in [6.45, 7) is 0. The lowest BCUT2D eigenvalue weighted by Crippen LogP contribution is -2.51. The number of fused-ring (bicyclic) bond motifs is 2. The van der Waals surface area contributed by atoms with Gasteiger partial charge in [0, 0.05) is 36.2 Å². The molecule has 0 radical (unpaired) electrons. The summed E-state index contributed by atoms with van der Waals surface area (Å²) >= 11 is 0. The Bertz CT molecular complexity index is 1020. The van der Waals surface area contributed by atoms with Crippen molar-refractivity contribution < 1.29 is 18.3 Å². The second kappa shape index (κ2) is 6.84. The van der Waals surface area contributed by atoms with Gasteiger partial charge in [-0.1, -0.05) is 0 Å². The lowest BCUT2D eigenvalue weighted by Gasteiger charge is -2.38. The molecule has 1 aliphatic carbocycles. The molecule has 1 aromatic heterocycles. The predicted octanol–water partition coefficient (Wildman–Crippen LogP) is 3.36. The molecule has 30 heavy (non-hydrogen) atoms. The maximum atomic E-state index is 14.1. The van der Waals surface area contributed by atoms with E-state index in [0.717, 1.165) is 25.0 Å². The van der Waals surface area contributed by atoms with Gasteiger partial charge < -0.3 is 15.3 Å². The van der Waals surface area contributed by atoms with Gasteiger partial charge in [-0.05, 0) is 31.7 Å². The van der Waals surface area contributed by atoms with Gasteiger partial charge in [-0.25, -0.2) is 18.2 Å². The number of aromatic nitrogens is 2. The van der Waals surface area contributed by atoms with Crippen LogP contribution in [0.4, 0.5) is 19.0 Å². The number of benzene rings is 1. The van der Waals surface area contributed by atoms with Crippen molar-refractivity contribution in [2.24, 2.45) is 0 Å². The minimum absolute atomic E-state index is 0.0389. The Balaban J connectivity index is 1.42. The Morgan fingerprint density at radius 3 is 2.60 bits per heavy atom. The molecule has 2 N–H and O–H groups in total. The number of phenolic OH excluding ortho intramolecular Hbond substituents is 1. The topological polar surface area (TPSA) is 85.1 Å². The molecule has 9 heteroatoms. The Hall–Kier alpha value is -2.86. The van der Waals surface area contributed by atoms with Gasteiger partial charge in [-0.3, -0.25) is 4.98 Å². The largest absolute Gasteiger partial charge is 0.507 e. The average molecular weight is 415 g/mol. The van der Waals surface area contributed by atoms with Crippen LogP contribution in [0.1, 0.15) is 37.7 Å². The molecule has 5 rings (SSSR count). The SMILES string of the molecule is N#Cc1cc(O)c(-c2cnc(N(C3CC3)[C@@H]3CC4CC(F)(F)[C@@H](C3)N4)cn2)cc1F. The number of aromatic hydroxyl groups is 1. The van der Waals surface area contributed by atoms with Crippen molar-refractivity contribution in [3.8, 4) is 23.1 Å². The van der Waals surface area contributed by atoms with Crippen molar-refractivity contribution in [1.29, 1.82) is 5.26 Å². The van der Waals surface area contributed by atoms with Gasteiger partial charge in [0.05, 0.1) is 29.7 Å². The number of alkyl halides is 2. The Morgan fingerprint density at radius 1 is 1.17 bits per heavy atom. The van der Waals surface area contributed by atoms with Gasteiger partial charge in [-0.15, -0.1) is 0 Å². The molecule has 6 nitrogen and oxygen atoms in total. The van der Waals surface area contributed by atoms with E-state index < -0.39 is 17.8 Å². The fraction of sp³-hybridized carbons (Fsp3) is 0.476. The predicted molar refractivity (Wildman–Crippen MR) is 103 cm³/mol. The molecule has 3 aliphatic rings. The number of anilines is 1. The van der Waals surface area contributed by atoms with Gasteiger partial charge in [0.1, 0.15) is 23.5 Å². The molecule has 1 unspecified atom stereocenters. The highest BCUT2D eigenvalue weighted by atomic mass is 19.3.